The van der Waals surface area contributed by atoms with Crippen LogP contribution in [0.15, 0.2) is 66.8 Å². The topological polar surface area (TPSA) is 4.93 Å². The monoisotopic (exact) mass is 245 g/mol. The Hall–Kier alpha value is -2.28. The fourth-order valence-electron chi connectivity index (χ4n) is 3.01. The van der Waals surface area contributed by atoms with E-state index in [1.807, 2.05) is 0 Å². The molecule has 1 heterocycles. The van der Waals surface area contributed by atoms with E-state index < -0.39 is 0 Å². The zero-order chi connectivity index (χ0) is 12.7. The van der Waals surface area contributed by atoms with Gasteiger partial charge in [-0.25, -0.2) is 0 Å². The highest BCUT2D eigenvalue weighted by atomic mass is 15.0. The van der Waals surface area contributed by atoms with Crippen molar-refractivity contribution in [1.82, 2.24) is 4.57 Å². The van der Waals surface area contributed by atoms with Crippen LogP contribution in [0.4, 0.5) is 0 Å². The lowest BCUT2D eigenvalue weighted by Crippen LogP contribution is -1.98. The first-order valence-corrected chi connectivity index (χ1v) is 6.79. The van der Waals surface area contributed by atoms with E-state index in [-0.39, 0.29) is 0 Å². The van der Waals surface area contributed by atoms with E-state index in [1.54, 1.807) is 0 Å². The van der Waals surface area contributed by atoms with E-state index >= 15 is 0 Å². The zero-order valence-corrected chi connectivity index (χ0v) is 10.7. The molecule has 0 unspecified atom stereocenters. The molecule has 0 fully saturated rings. The molecule has 92 valence electrons. The van der Waals surface area contributed by atoms with Gasteiger partial charge in [0.15, 0.2) is 0 Å². The standard InChI is InChI=1S/C18H15N/c1-2-8-14(9-3-1)19-17-12-6-4-10-15(17)16-11-5-7-13-18(16)19/h1-2,4-8,10-13H,3,9H2. The van der Waals surface area contributed by atoms with E-state index in [0.29, 0.717) is 0 Å². The molecule has 1 aromatic heterocycles. The third kappa shape index (κ3) is 1.55. The SMILES string of the molecule is C1=CCCC(n2c3ccccc3c3ccccc32)=C1. The Labute approximate surface area is 112 Å². The summed E-state index contributed by atoms with van der Waals surface area (Å²) in [5.74, 6) is 0. The molecule has 0 radical (unpaired) electrons. The maximum atomic E-state index is 2.41. The lowest BCUT2D eigenvalue weighted by atomic mass is 10.1. The van der Waals surface area contributed by atoms with Crippen LogP contribution in [-0.2, 0) is 0 Å². The molecule has 0 atom stereocenters. The van der Waals surface area contributed by atoms with E-state index in [2.05, 4.69) is 71.3 Å². The molecule has 1 nitrogen and oxygen atoms in total. The third-order valence-corrected chi connectivity index (χ3v) is 3.86. The van der Waals surface area contributed by atoms with Crippen molar-refractivity contribution in [2.75, 3.05) is 0 Å². The molecule has 1 aliphatic rings. The normalized spacial score (nSPS) is 15.1. The minimum Gasteiger partial charge on any atom is -0.313 e. The summed E-state index contributed by atoms with van der Waals surface area (Å²) in [6, 6.07) is 17.3. The molecule has 0 N–H and O–H groups in total. The number of para-hydroxylation sites is 2. The number of fused-ring (bicyclic) bond motifs is 3. The highest BCUT2D eigenvalue weighted by molar-refractivity contribution is 6.10. The molecule has 0 amide bonds. The maximum absolute atomic E-state index is 2.41. The van der Waals surface area contributed by atoms with Crippen LogP contribution in [0, 0.1) is 0 Å². The van der Waals surface area contributed by atoms with Gasteiger partial charge in [0, 0.05) is 16.5 Å². The minimum absolute atomic E-state index is 1.11. The Morgan fingerprint density at radius 2 is 1.42 bits per heavy atom. The Balaban J connectivity index is 2.16. The quantitative estimate of drug-likeness (QED) is 0.569. The number of rotatable bonds is 1. The van der Waals surface area contributed by atoms with Crippen LogP contribution in [0.3, 0.4) is 0 Å². The van der Waals surface area contributed by atoms with Crippen molar-refractivity contribution in [3.05, 3.63) is 66.8 Å². The fraction of sp³-hybridized carbons (Fsp3) is 0.111. The molecule has 0 bridgehead atoms. The van der Waals surface area contributed by atoms with Crippen molar-refractivity contribution in [2.45, 2.75) is 12.8 Å². The number of nitrogens with zero attached hydrogens (tertiary/aromatic N) is 1. The smallest absolute Gasteiger partial charge is 0.0537 e. The largest absolute Gasteiger partial charge is 0.313 e. The maximum Gasteiger partial charge on any atom is 0.0537 e. The number of hydrogen-bond acceptors (Lipinski definition) is 0. The number of allylic oxidation sites excluding steroid dienone is 4. The van der Waals surface area contributed by atoms with Crippen molar-refractivity contribution in [2.24, 2.45) is 0 Å². The van der Waals surface area contributed by atoms with Crippen LogP contribution in [0.2, 0.25) is 0 Å². The minimum atomic E-state index is 1.11. The Morgan fingerprint density at radius 3 is 2.00 bits per heavy atom. The molecule has 4 rings (SSSR count). The van der Waals surface area contributed by atoms with Crippen molar-refractivity contribution in [3.8, 4) is 0 Å². The third-order valence-electron chi connectivity index (χ3n) is 3.86. The Morgan fingerprint density at radius 1 is 0.789 bits per heavy atom. The number of hydrogen-bond donors (Lipinski definition) is 0. The van der Waals surface area contributed by atoms with Gasteiger partial charge in [0.25, 0.3) is 0 Å². The Bertz CT molecular complexity index is 765. The summed E-state index contributed by atoms with van der Waals surface area (Å²) in [6.07, 6.45) is 8.88. The molecule has 0 aliphatic heterocycles. The lowest BCUT2D eigenvalue weighted by molar-refractivity contribution is 0.979. The summed E-state index contributed by atoms with van der Waals surface area (Å²) in [5.41, 5.74) is 4.01. The van der Waals surface area contributed by atoms with Gasteiger partial charge in [-0.15, -0.1) is 0 Å². The van der Waals surface area contributed by atoms with Gasteiger partial charge in [-0.2, -0.15) is 0 Å². The van der Waals surface area contributed by atoms with Crippen molar-refractivity contribution < 1.29 is 0 Å². The van der Waals surface area contributed by atoms with E-state index in [1.165, 1.54) is 27.5 Å². The fourth-order valence-corrected chi connectivity index (χ4v) is 3.01. The summed E-state index contributed by atoms with van der Waals surface area (Å²) in [6.45, 7) is 0. The van der Waals surface area contributed by atoms with Gasteiger partial charge in [0.2, 0.25) is 0 Å². The van der Waals surface area contributed by atoms with Crippen molar-refractivity contribution >= 4 is 27.5 Å². The molecular formula is C18H15N. The highest BCUT2D eigenvalue weighted by Crippen LogP contribution is 2.33. The van der Waals surface area contributed by atoms with Gasteiger partial charge in [0.1, 0.15) is 0 Å². The summed E-state index contributed by atoms with van der Waals surface area (Å²) in [7, 11) is 0. The van der Waals surface area contributed by atoms with Crippen molar-refractivity contribution in [1.29, 1.82) is 0 Å². The molecule has 3 aromatic rings. The summed E-state index contributed by atoms with van der Waals surface area (Å²) >= 11 is 0. The summed E-state index contributed by atoms with van der Waals surface area (Å²) < 4.78 is 2.41. The van der Waals surface area contributed by atoms with E-state index in [0.717, 1.165) is 12.8 Å². The first-order chi connectivity index (χ1) is 9.45. The number of aromatic nitrogens is 1. The Kier molecular flexibility index (Phi) is 2.31. The van der Waals surface area contributed by atoms with E-state index in [9.17, 15) is 0 Å². The van der Waals surface area contributed by atoms with Crippen LogP contribution in [0.25, 0.3) is 27.5 Å². The van der Waals surface area contributed by atoms with Crippen LogP contribution in [0.5, 0.6) is 0 Å². The molecule has 1 heteroatoms. The molecule has 0 saturated carbocycles. The summed E-state index contributed by atoms with van der Waals surface area (Å²) in [4.78, 5) is 0. The number of benzene rings is 2. The molecule has 2 aromatic carbocycles. The first-order valence-electron chi connectivity index (χ1n) is 6.79. The van der Waals surface area contributed by atoms with Crippen molar-refractivity contribution in [3.63, 3.8) is 0 Å². The first kappa shape index (κ1) is 10.6. The predicted molar refractivity (Wildman–Crippen MR) is 82.1 cm³/mol. The molecule has 0 spiro atoms. The second-order valence-electron chi connectivity index (χ2n) is 4.99. The van der Waals surface area contributed by atoms with Gasteiger partial charge < -0.3 is 4.57 Å². The predicted octanol–water partition coefficient (Wildman–Crippen LogP) is 4.99. The van der Waals surface area contributed by atoms with Crippen LogP contribution < -0.4 is 0 Å². The molecule has 1 aliphatic carbocycles. The van der Waals surface area contributed by atoms with E-state index in [4.69, 9.17) is 0 Å². The average molecular weight is 245 g/mol. The molecule has 19 heavy (non-hydrogen) atoms. The molecular weight excluding hydrogens is 230 g/mol. The second kappa shape index (κ2) is 4.13. The van der Waals surface area contributed by atoms with Gasteiger partial charge in [-0.05, 0) is 31.1 Å². The average Bonchev–Trinajstić information content (AvgIpc) is 2.83. The lowest BCUT2D eigenvalue weighted by Gasteiger charge is -2.13. The van der Waals surface area contributed by atoms with Crippen LogP contribution >= 0.6 is 0 Å². The van der Waals surface area contributed by atoms with Gasteiger partial charge in [-0.3, -0.25) is 0 Å². The van der Waals surface area contributed by atoms with Crippen LogP contribution in [0.1, 0.15) is 12.8 Å². The summed E-state index contributed by atoms with van der Waals surface area (Å²) in [5, 5.41) is 2.68. The zero-order valence-electron chi connectivity index (χ0n) is 10.7. The van der Waals surface area contributed by atoms with Gasteiger partial charge >= 0.3 is 0 Å². The van der Waals surface area contributed by atoms with Gasteiger partial charge in [-0.1, -0.05) is 48.6 Å². The highest BCUT2D eigenvalue weighted by Gasteiger charge is 2.12. The second-order valence-corrected chi connectivity index (χ2v) is 4.99. The molecule has 0 saturated heterocycles. The van der Waals surface area contributed by atoms with Gasteiger partial charge in [0.05, 0.1) is 11.0 Å². The van der Waals surface area contributed by atoms with Crippen LogP contribution in [-0.4, -0.2) is 4.57 Å².